The third kappa shape index (κ3) is 3.27. The molecule has 2 bridgehead atoms. The summed E-state index contributed by atoms with van der Waals surface area (Å²) in [4.78, 5) is 15.2. The summed E-state index contributed by atoms with van der Waals surface area (Å²) in [7, 11) is 0. The van der Waals surface area contributed by atoms with Gasteiger partial charge in [-0.25, -0.2) is 4.39 Å². The van der Waals surface area contributed by atoms with Gasteiger partial charge in [-0.3, -0.25) is 4.79 Å². The van der Waals surface area contributed by atoms with Gasteiger partial charge in [-0.05, 0) is 68.1 Å². The Kier molecular flexibility index (Phi) is 4.79. The molecule has 1 fully saturated rings. The first-order valence-electron chi connectivity index (χ1n) is 10.4. The largest absolute Gasteiger partial charge is 0.416 e. The predicted molar refractivity (Wildman–Crippen MR) is 108 cm³/mol. The normalized spacial score (nSPS) is 20.2. The molecule has 0 spiro atoms. The zero-order chi connectivity index (χ0) is 22.6. The summed E-state index contributed by atoms with van der Waals surface area (Å²) in [6, 6.07) is 9.14. The average molecular weight is 444 g/mol. The summed E-state index contributed by atoms with van der Waals surface area (Å²) in [5.41, 5.74) is -0.0884. The molecule has 2 aliphatic heterocycles. The van der Waals surface area contributed by atoms with Crippen molar-refractivity contribution in [1.29, 1.82) is 0 Å². The lowest BCUT2D eigenvalue weighted by Crippen LogP contribution is -2.52. The minimum Gasteiger partial charge on any atom is -0.324 e. The molecule has 9 heteroatoms. The van der Waals surface area contributed by atoms with Crippen molar-refractivity contribution in [3.8, 4) is 11.4 Å². The number of hydrogen-bond donors (Lipinski definition) is 0. The number of amides is 1. The van der Waals surface area contributed by atoms with E-state index in [0.717, 1.165) is 24.5 Å². The van der Waals surface area contributed by atoms with Crippen molar-refractivity contribution in [2.24, 2.45) is 0 Å². The Hall–Kier alpha value is -3.23. The molecule has 0 N–H and O–H groups in total. The Bertz CT molecular complexity index is 1190. The summed E-state index contributed by atoms with van der Waals surface area (Å²) < 4.78 is 55.4. The Morgan fingerprint density at radius 2 is 1.81 bits per heavy atom. The van der Waals surface area contributed by atoms with Crippen LogP contribution in [0.3, 0.4) is 0 Å². The number of alkyl halides is 3. The Morgan fingerprint density at radius 1 is 1.06 bits per heavy atom. The number of halogens is 4. The number of aromatic nitrogens is 3. The maximum Gasteiger partial charge on any atom is 0.416 e. The quantitative estimate of drug-likeness (QED) is 0.513. The molecule has 2 atom stereocenters. The molecule has 32 heavy (non-hydrogen) atoms. The third-order valence-corrected chi connectivity index (χ3v) is 6.42. The highest BCUT2D eigenvalue weighted by atomic mass is 19.4. The lowest BCUT2D eigenvalue weighted by molar-refractivity contribution is -0.138. The summed E-state index contributed by atoms with van der Waals surface area (Å²) in [5.74, 6) is 0.440. The average Bonchev–Trinajstić information content (AvgIpc) is 3.16. The van der Waals surface area contributed by atoms with E-state index in [4.69, 9.17) is 0 Å². The lowest BCUT2D eigenvalue weighted by Gasteiger charge is -2.46. The lowest BCUT2D eigenvalue weighted by atomic mass is 9.90. The van der Waals surface area contributed by atoms with Crippen LogP contribution in [0.4, 0.5) is 17.6 Å². The Labute approximate surface area is 181 Å². The van der Waals surface area contributed by atoms with E-state index in [1.807, 2.05) is 4.57 Å². The van der Waals surface area contributed by atoms with Gasteiger partial charge in [0, 0.05) is 17.7 Å². The molecule has 1 amide bonds. The summed E-state index contributed by atoms with van der Waals surface area (Å²) in [5, 5.41) is 8.62. The SMILES string of the molecule is Cc1c(C(=O)N2C3CCCC2c2nnc(-c4ccc(F)cc4)n2C3)cccc1C(F)(F)F. The van der Waals surface area contributed by atoms with Crippen LogP contribution in [0.5, 0.6) is 0 Å². The third-order valence-electron chi connectivity index (χ3n) is 6.42. The van der Waals surface area contributed by atoms with Crippen molar-refractivity contribution >= 4 is 5.91 Å². The van der Waals surface area contributed by atoms with E-state index < -0.39 is 17.6 Å². The first-order chi connectivity index (χ1) is 15.3. The number of rotatable bonds is 2. The maximum atomic E-state index is 13.5. The van der Waals surface area contributed by atoms with Crippen LogP contribution in [-0.4, -0.2) is 31.6 Å². The smallest absolute Gasteiger partial charge is 0.324 e. The fraction of sp³-hybridized carbons (Fsp3) is 0.348. The van der Waals surface area contributed by atoms with E-state index in [-0.39, 0.29) is 29.0 Å². The first kappa shape index (κ1) is 20.7. The molecule has 2 aromatic carbocycles. The second-order valence-electron chi connectivity index (χ2n) is 8.29. The molecular weight excluding hydrogens is 424 g/mol. The molecule has 3 heterocycles. The number of carbonyl (C=O) groups excluding carboxylic acids is 1. The van der Waals surface area contributed by atoms with Gasteiger partial charge < -0.3 is 9.47 Å². The molecule has 0 radical (unpaired) electrons. The number of nitrogens with zero attached hydrogens (tertiary/aromatic N) is 4. The van der Waals surface area contributed by atoms with Crippen LogP contribution in [0.25, 0.3) is 11.4 Å². The van der Waals surface area contributed by atoms with Crippen molar-refractivity contribution in [2.75, 3.05) is 0 Å². The molecule has 2 aliphatic rings. The van der Waals surface area contributed by atoms with Gasteiger partial charge in [-0.1, -0.05) is 6.07 Å². The van der Waals surface area contributed by atoms with Gasteiger partial charge in [0.05, 0.1) is 17.6 Å². The zero-order valence-corrected chi connectivity index (χ0v) is 17.2. The number of fused-ring (bicyclic) bond motifs is 4. The van der Waals surface area contributed by atoms with Gasteiger partial charge in [0.25, 0.3) is 5.91 Å². The molecule has 1 aromatic heterocycles. The van der Waals surface area contributed by atoms with E-state index in [2.05, 4.69) is 10.2 Å². The van der Waals surface area contributed by atoms with Crippen LogP contribution < -0.4 is 0 Å². The van der Waals surface area contributed by atoms with E-state index >= 15 is 0 Å². The summed E-state index contributed by atoms with van der Waals surface area (Å²) in [6.07, 6.45) is -2.25. The first-order valence-corrected chi connectivity index (χ1v) is 10.4. The van der Waals surface area contributed by atoms with E-state index in [9.17, 15) is 22.4 Å². The van der Waals surface area contributed by atoms with Crippen LogP contribution >= 0.6 is 0 Å². The van der Waals surface area contributed by atoms with E-state index in [0.29, 0.717) is 24.6 Å². The number of hydrogen-bond acceptors (Lipinski definition) is 3. The van der Waals surface area contributed by atoms with Crippen LogP contribution in [0, 0.1) is 12.7 Å². The molecular formula is C23H20F4N4O. The molecule has 2 unspecified atom stereocenters. The van der Waals surface area contributed by atoms with Gasteiger partial charge in [-0.15, -0.1) is 10.2 Å². The molecule has 3 aromatic rings. The van der Waals surface area contributed by atoms with Gasteiger partial charge in [0.15, 0.2) is 11.6 Å². The highest BCUT2D eigenvalue weighted by molar-refractivity contribution is 5.96. The molecule has 0 aliphatic carbocycles. The molecule has 0 saturated carbocycles. The van der Waals surface area contributed by atoms with Crippen molar-refractivity contribution in [3.05, 3.63) is 70.8 Å². The number of piperidine rings is 1. The monoisotopic (exact) mass is 444 g/mol. The summed E-state index contributed by atoms with van der Waals surface area (Å²) in [6.45, 7) is 1.78. The highest BCUT2D eigenvalue weighted by Crippen LogP contribution is 2.42. The fourth-order valence-corrected chi connectivity index (χ4v) is 4.90. The van der Waals surface area contributed by atoms with E-state index in [1.165, 1.54) is 31.2 Å². The van der Waals surface area contributed by atoms with Crippen LogP contribution in [0.1, 0.15) is 52.6 Å². The minimum atomic E-state index is -4.53. The standard InChI is InChI=1S/C23H20F4N4O/c1-13-17(5-3-6-18(13)23(25,26)27)22(32)31-16-4-2-7-19(31)21-29-28-20(30(21)12-16)14-8-10-15(24)11-9-14/h3,5-6,8-11,16,19H,2,4,7,12H2,1H3. The number of benzene rings is 2. The van der Waals surface area contributed by atoms with Crippen molar-refractivity contribution in [2.45, 2.75) is 51.0 Å². The molecule has 1 saturated heterocycles. The summed E-state index contributed by atoms with van der Waals surface area (Å²) >= 11 is 0. The molecule has 5 rings (SSSR count). The van der Waals surface area contributed by atoms with Gasteiger partial charge >= 0.3 is 6.18 Å². The molecule has 5 nitrogen and oxygen atoms in total. The van der Waals surface area contributed by atoms with Gasteiger partial charge in [0.1, 0.15) is 5.82 Å². The minimum absolute atomic E-state index is 0.0587. The number of carbonyl (C=O) groups is 1. The zero-order valence-electron chi connectivity index (χ0n) is 17.2. The van der Waals surface area contributed by atoms with Crippen molar-refractivity contribution < 1.29 is 22.4 Å². The molecule has 166 valence electrons. The highest BCUT2D eigenvalue weighted by Gasteiger charge is 2.44. The predicted octanol–water partition coefficient (Wildman–Crippen LogP) is 5.16. The second kappa shape index (κ2) is 7.43. The van der Waals surface area contributed by atoms with Crippen LogP contribution in [-0.2, 0) is 12.7 Å². The van der Waals surface area contributed by atoms with Crippen LogP contribution in [0.15, 0.2) is 42.5 Å². The van der Waals surface area contributed by atoms with Crippen molar-refractivity contribution in [3.63, 3.8) is 0 Å². The fourth-order valence-electron chi connectivity index (χ4n) is 4.90. The van der Waals surface area contributed by atoms with Crippen molar-refractivity contribution in [1.82, 2.24) is 19.7 Å². The second-order valence-corrected chi connectivity index (χ2v) is 8.29. The Balaban J connectivity index is 1.54. The topological polar surface area (TPSA) is 51.0 Å². The van der Waals surface area contributed by atoms with Crippen LogP contribution in [0.2, 0.25) is 0 Å². The van der Waals surface area contributed by atoms with E-state index in [1.54, 1.807) is 17.0 Å². The van der Waals surface area contributed by atoms with Gasteiger partial charge in [0.2, 0.25) is 0 Å². The maximum absolute atomic E-state index is 13.5. The van der Waals surface area contributed by atoms with Gasteiger partial charge in [-0.2, -0.15) is 13.2 Å². The Morgan fingerprint density at radius 3 is 2.53 bits per heavy atom.